The number of amides is 1. The van der Waals surface area contributed by atoms with Crippen molar-refractivity contribution in [2.24, 2.45) is 0 Å². The van der Waals surface area contributed by atoms with Gasteiger partial charge in [0.15, 0.2) is 0 Å². The lowest BCUT2D eigenvalue weighted by Gasteiger charge is -2.45. The number of halogens is 3. The fourth-order valence-electron chi connectivity index (χ4n) is 4.89. The second-order valence-corrected chi connectivity index (χ2v) is 10.3. The third-order valence-corrected chi connectivity index (χ3v) is 6.64. The number of aromatic nitrogens is 2. The van der Waals surface area contributed by atoms with E-state index in [9.17, 15) is 27.9 Å². The molecular formula is C28H30F3N3O4. The molecule has 4 rings (SSSR count). The van der Waals surface area contributed by atoms with Crippen molar-refractivity contribution in [1.29, 1.82) is 0 Å². The van der Waals surface area contributed by atoms with Crippen LogP contribution in [-0.2, 0) is 16.9 Å². The van der Waals surface area contributed by atoms with Gasteiger partial charge in [-0.15, -0.1) is 0 Å². The number of aliphatic hydroxyl groups is 1. The van der Waals surface area contributed by atoms with E-state index < -0.39 is 35.6 Å². The third-order valence-electron chi connectivity index (χ3n) is 6.64. The molecule has 2 heterocycles. The van der Waals surface area contributed by atoms with Gasteiger partial charge < -0.3 is 14.7 Å². The van der Waals surface area contributed by atoms with Gasteiger partial charge in [-0.2, -0.15) is 18.3 Å². The van der Waals surface area contributed by atoms with Gasteiger partial charge >= 0.3 is 12.3 Å². The Morgan fingerprint density at radius 3 is 2.26 bits per heavy atom. The Kier molecular flexibility index (Phi) is 7.38. The standard InChI is InChI=1S/C28H30F3N3O4/c1-19(20-9-11-21(12-10-20)23-13-14-24(35)34(32-23)18-28(29,30)31)33-16-15-27(38-25(33)36,17-26(2,3)37)22-7-5-4-6-8-22/h4-14,19,37H,15-18H2,1-3H3/t19-,27?/m0/s1. The van der Waals surface area contributed by atoms with Gasteiger partial charge in [0, 0.05) is 31.0 Å². The largest absolute Gasteiger partial charge is 0.438 e. The number of hydrogen-bond acceptors (Lipinski definition) is 5. The molecule has 1 aliphatic rings. The highest BCUT2D eigenvalue weighted by Crippen LogP contribution is 2.42. The normalized spacial score (nSPS) is 19.2. The SMILES string of the molecule is C[C@@H](c1ccc(-c2ccc(=O)n(CC(F)(F)F)n2)cc1)N1CCC(CC(C)(C)O)(c2ccccc2)OC1=O. The van der Waals surface area contributed by atoms with Crippen molar-refractivity contribution in [2.45, 2.75) is 63.6 Å². The second-order valence-electron chi connectivity index (χ2n) is 10.3. The third kappa shape index (κ3) is 6.24. The minimum Gasteiger partial charge on any atom is -0.438 e. The number of carbonyl (C=O) groups is 1. The first kappa shape index (κ1) is 27.4. The van der Waals surface area contributed by atoms with E-state index in [2.05, 4.69) is 5.10 Å². The number of alkyl halides is 3. The molecule has 1 fully saturated rings. The van der Waals surface area contributed by atoms with Crippen LogP contribution in [0.15, 0.2) is 71.5 Å². The maximum atomic E-state index is 13.2. The summed E-state index contributed by atoms with van der Waals surface area (Å²) in [5.41, 5.74) is -0.472. The van der Waals surface area contributed by atoms with Crippen LogP contribution in [0.3, 0.4) is 0 Å². The molecule has 38 heavy (non-hydrogen) atoms. The van der Waals surface area contributed by atoms with E-state index in [0.717, 1.165) is 17.2 Å². The van der Waals surface area contributed by atoms with Crippen molar-refractivity contribution in [3.8, 4) is 11.3 Å². The molecule has 7 nitrogen and oxygen atoms in total. The van der Waals surface area contributed by atoms with Gasteiger partial charge in [0.1, 0.15) is 12.1 Å². The molecule has 1 aliphatic heterocycles. The number of nitrogens with zero attached hydrogens (tertiary/aromatic N) is 3. The molecule has 1 amide bonds. The van der Waals surface area contributed by atoms with E-state index in [-0.39, 0.29) is 18.2 Å². The van der Waals surface area contributed by atoms with Gasteiger partial charge in [-0.25, -0.2) is 9.48 Å². The molecule has 2 atom stereocenters. The smallest absolute Gasteiger partial charge is 0.411 e. The Labute approximate surface area is 218 Å². The number of hydrogen-bond donors (Lipinski definition) is 1. The van der Waals surface area contributed by atoms with E-state index in [1.807, 2.05) is 37.3 Å². The molecule has 0 bridgehead atoms. The molecule has 0 saturated carbocycles. The Morgan fingerprint density at radius 1 is 1.03 bits per heavy atom. The average Bonchev–Trinajstić information content (AvgIpc) is 2.84. The summed E-state index contributed by atoms with van der Waals surface area (Å²) in [5, 5.41) is 14.4. The summed E-state index contributed by atoms with van der Waals surface area (Å²) in [6, 6.07) is 18.4. The van der Waals surface area contributed by atoms with Crippen LogP contribution >= 0.6 is 0 Å². The summed E-state index contributed by atoms with van der Waals surface area (Å²) >= 11 is 0. The van der Waals surface area contributed by atoms with Gasteiger partial charge in [-0.1, -0.05) is 54.6 Å². The van der Waals surface area contributed by atoms with E-state index in [1.54, 1.807) is 43.0 Å². The number of benzene rings is 2. The minimum absolute atomic E-state index is 0.227. The molecule has 1 N–H and O–H groups in total. The second kappa shape index (κ2) is 10.2. The number of ether oxygens (including phenoxy) is 1. The monoisotopic (exact) mass is 529 g/mol. The van der Waals surface area contributed by atoms with Crippen molar-refractivity contribution in [3.05, 3.63) is 88.2 Å². The fourth-order valence-corrected chi connectivity index (χ4v) is 4.89. The van der Waals surface area contributed by atoms with Crippen molar-refractivity contribution in [2.75, 3.05) is 6.54 Å². The Hall–Kier alpha value is -3.66. The lowest BCUT2D eigenvalue weighted by molar-refractivity contribution is -0.143. The zero-order valence-corrected chi connectivity index (χ0v) is 21.4. The van der Waals surface area contributed by atoms with Gasteiger partial charge in [0.2, 0.25) is 0 Å². The molecule has 1 aromatic heterocycles. The lowest BCUT2D eigenvalue weighted by atomic mass is 9.80. The molecule has 0 radical (unpaired) electrons. The van der Waals surface area contributed by atoms with Gasteiger partial charge in [0.05, 0.1) is 17.3 Å². The van der Waals surface area contributed by atoms with Gasteiger partial charge in [-0.05, 0) is 38.0 Å². The Morgan fingerprint density at radius 2 is 1.68 bits per heavy atom. The van der Waals surface area contributed by atoms with Gasteiger partial charge in [0.25, 0.3) is 5.56 Å². The predicted molar refractivity (Wildman–Crippen MR) is 135 cm³/mol. The molecule has 0 aliphatic carbocycles. The first-order valence-electron chi connectivity index (χ1n) is 12.3. The summed E-state index contributed by atoms with van der Waals surface area (Å²) in [4.78, 5) is 26.6. The highest BCUT2D eigenvalue weighted by molar-refractivity contribution is 5.70. The molecule has 1 saturated heterocycles. The van der Waals surface area contributed by atoms with E-state index in [4.69, 9.17) is 4.74 Å². The van der Waals surface area contributed by atoms with Crippen molar-refractivity contribution in [3.63, 3.8) is 0 Å². The van der Waals surface area contributed by atoms with Crippen LogP contribution in [0.25, 0.3) is 11.3 Å². The Bertz CT molecular complexity index is 1330. The van der Waals surface area contributed by atoms with Crippen LogP contribution in [0.2, 0.25) is 0 Å². The predicted octanol–water partition coefficient (Wildman–Crippen LogP) is 5.43. The van der Waals surface area contributed by atoms with Crippen LogP contribution in [0.1, 0.15) is 50.8 Å². The maximum Gasteiger partial charge on any atom is 0.411 e. The fraction of sp³-hybridized carbons (Fsp3) is 0.393. The van der Waals surface area contributed by atoms with Crippen LogP contribution in [0.5, 0.6) is 0 Å². The Balaban J connectivity index is 1.52. The molecular weight excluding hydrogens is 499 g/mol. The number of carbonyl (C=O) groups excluding carboxylic acids is 1. The zero-order valence-electron chi connectivity index (χ0n) is 21.4. The first-order valence-corrected chi connectivity index (χ1v) is 12.3. The molecule has 10 heteroatoms. The maximum absolute atomic E-state index is 13.2. The molecule has 0 spiro atoms. The molecule has 202 valence electrons. The topological polar surface area (TPSA) is 84.7 Å². The van der Waals surface area contributed by atoms with E-state index in [0.29, 0.717) is 23.2 Å². The summed E-state index contributed by atoms with van der Waals surface area (Å²) in [7, 11) is 0. The van der Waals surface area contributed by atoms with Crippen molar-refractivity contribution >= 4 is 6.09 Å². The van der Waals surface area contributed by atoms with Crippen LogP contribution < -0.4 is 5.56 Å². The molecule has 3 aromatic rings. The molecule has 1 unspecified atom stereocenters. The van der Waals surface area contributed by atoms with Gasteiger partial charge in [-0.3, -0.25) is 4.79 Å². The van der Waals surface area contributed by atoms with Crippen LogP contribution in [-0.4, -0.2) is 44.2 Å². The van der Waals surface area contributed by atoms with Crippen molar-refractivity contribution in [1.82, 2.24) is 14.7 Å². The number of rotatable bonds is 7. The lowest BCUT2D eigenvalue weighted by Crippen LogP contribution is -2.51. The van der Waals surface area contributed by atoms with Crippen LogP contribution in [0.4, 0.5) is 18.0 Å². The summed E-state index contributed by atoms with van der Waals surface area (Å²) in [5.74, 6) is 0. The summed E-state index contributed by atoms with van der Waals surface area (Å²) < 4.78 is 44.8. The molecule has 2 aromatic carbocycles. The quantitative estimate of drug-likeness (QED) is 0.441. The number of cyclic esters (lactones) is 1. The van der Waals surface area contributed by atoms with E-state index >= 15 is 0 Å². The van der Waals surface area contributed by atoms with Crippen molar-refractivity contribution < 1.29 is 27.8 Å². The van der Waals surface area contributed by atoms with E-state index in [1.165, 1.54) is 6.07 Å². The average molecular weight is 530 g/mol. The summed E-state index contributed by atoms with van der Waals surface area (Å²) in [6.07, 6.45) is -4.33. The highest BCUT2D eigenvalue weighted by atomic mass is 19.4. The highest BCUT2D eigenvalue weighted by Gasteiger charge is 2.46. The summed E-state index contributed by atoms with van der Waals surface area (Å²) in [6.45, 7) is 4.17. The minimum atomic E-state index is -4.57. The first-order chi connectivity index (χ1) is 17.8. The van der Waals surface area contributed by atoms with Crippen LogP contribution in [0, 0.1) is 0 Å². The zero-order chi connectivity index (χ0) is 27.7.